The molecule has 4 nitrogen and oxygen atoms in total. The van der Waals surface area contributed by atoms with Gasteiger partial charge in [-0.15, -0.1) is 0 Å². The van der Waals surface area contributed by atoms with Crippen molar-refractivity contribution >= 4 is 23.4 Å². The van der Waals surface area contributed by atoms with Crippen molar-refractivity contribution in [2.45, 2.75) is 51.9 Å². The molecule has 1 aliphatic carbocycles. The molecule has 1 aliphatic rings. The first-order chi connectivity index (χ1) is 12.1. The average Bonchev–Trinajstić information content (AvgIpc) is 2.62. The highest BCUT2D eigenvalue weighted by Crippen LogP contribution is 2.29. The molecule has 2 amide bonds. The second-order valence-corrected chi connectivity index (χ2v) is 7.30. The number of carbonyl (C=O) groups is 2. The SMILES string of the molecule is CCCCNC(=O)C1CCC(C(=O)NCCc2cccc(Cl)c2)CC1. The Morgan fingerprint density at radius 1 is 1.04 bits per heavy atom. The van der Waals surface area contributed by atoms with Gasteiger partial charge >= 0.3 is 0 Å². The van der Waals surface area contributed by atoms with Gasteiger partial charge in [0.1, 0.15) is 0 Å². The lowest BCUT2D eigenvalue weighted by Gasteiger charge is -2.27. The molecule has 2 rings (SSSR count). The zero-order valence-corrected chi connectivity index (χ0v) is 15.8. The molecule has 5 heteroatoms. The Hall–Kier alpha value is -1.55. The molecule has 2 N–H and O–H groups in total. The highest BCUT2D eigenvalue weighted by molar-refractivity contribution is 6.30. The number of unbranched alkanes of at least 4 members (excludes halogenated alkanes) is 1. The minimum atomic E-state index is 0.0408. The van der Waals surface area contributed by atoms with Crippen LogP contribution in [0.4, 0.5) is 0 Å². The topological polar surface area (TPSA) is 58.2 Å². The quantitative estimate of drug-likeness (QED) is 0.690. The van der Waals surface area contributed by atoms with E-state index in [1.54, 1.807) is 0 Å². The van der Waals surface area contributed by atoms with E-state index in [1.165, 1.54) is 0 Å². The van der Waals surface area contributed by atoms with E-state index in [1.807, 2.05) is 24.3 Å². The summed E-state index contributed by atoms with van der Waals surface area (Å²) in [6.45, 7) is 3.50. The van der Waals surface area contributed by atoms with Gasteiger partial charge in [-0.05, 0) is 56.2 Å². The molecule has 0 aromatic heterocycles. The molecule has 138 valence electrons. The fourth-order valence-electron chi connectivity index (χ4n) is 3.32. The van der Waals surface area contributed by atoms with Gasteiger partial charge in [-0.1, -0.05) is 37.1 Å². The van der Waals surface area contributed by atoms with Crippen molar-refractivity contribution in [2.75, 3.05) is 13.1 Å². The van der Waals surface area contributed by atoms with Crippen molar-refractivity contribution in [3.05, 3.63) is 34.9 Å². The summed E-state index contributed by atoms with van der Waals surface area (Å²) in [5, 5.41) is 6.75. The van der Waals surface area contributed by atoms with Crippen LogP contribution in [0.25, 0.3) is 0 Å². The number of benzene rings is 1. The summed E-state index contributed by atoms with van der Waals surface area (Å²) in [6.07, 6.45) is 6.11. The van der Waals surface area contributed by atoms with Gasteiger partial charge in [0, 0.05) is 29.9 Å². The Morgan fingerprint density at radius 2 is 1.64 bits per heavy atom. The zero-order valence-electron chi connectivity index (χ0n) is 15.0. The van der Waals surface area contributed by atoms with Gasteiger partial charge in [0.15, 0.2) is 0 Å². The number of rotatable bonds is 8. The Balaban J connectivity index is 1.66. The van der Waals surface area contributed by atoms with Crippen molar-refractivity contribution in [3.8, 4) is 0 Å². The molecule has 0 aliphatic heterocycles. The zero-order chi connectivity index (χ0) is 18.1. The minimum Gasteiger partial charge on any atom is -0.356 e. The van der Waals surface area contributed by atoms with Crippen LogP contribution in [0.15, 0.2) is 24.3 Å². The summed E-state index contributed by atoms with van der Waals surface area (Å²) in [5.74, 6) is 0.395. The third-order valence-corrected chi connectivity index (χ3v) is 5.14. The molecular formula is C20H29ClN2O2. The molecule has 1 aromatic carbocycles. The molecule has 0 bridgehead atoms. The van der Waals surface area contributed by atoms with Gasteiger partial charge in [-0.25, -0.2) is 0 Å². The van der Waals surface area contributed by atoms with Crippen LogP contribution in [-0.4, -0.2) is 24.9 Å². The summed E-state index contributed by atoms with van der Waals surface area (Å²) >= 11 is 5.97. The van der Waals surface area contributed by atoms with Crippen molar-refractivity contribution in [1.29, 1.82) is 0 Å². The van der Waals surface area contributed by atoms with Crippen LogP contribution in [0.1, 0.15) is 51.0 Å². The van der Waals surface area contributed by atoms with Crippen molar-refractivity contribution in [1.82, 2.24) is 10.6 Å². The van der Waals surface area contributed by atoms with Gasteiger partial charge in [-0.3, -0.25) is 9.59 Å². The first kappa shape index (κ1) is 19.8. The number of halogens is 1. The van der Waals surface area contributed by atoms with Gasteiger partial charge in [0.2, 0.25) is 11.8 Å². The van der Waals surface area contributed by atoms with Crippen LogP contribution in [0.3, 0.4) is 0 Å². The molecule has 1 fully saturated rings. The fraction of sp³-hybridized carbons (Fsp3) is 0.600. The first-order valence-corrected chi connectivity index (χ1v) is 9.77. The van der Waals surface area contributed by atoms with Crippen LogP contribution in [0.5, 0.6) is 0 Å². The van der Waals surface area contributed by atoms with Crippen LogP contribution < -0.4 is 10.6 Å². The van der Waals surface area contributed by atoms with Gasteiger partial charge in [0.05, 0.1) is 0 Å². The van der Waals surface area contributed by atoms with Gasteiger partial charge in [0.25, 0.3) is 0 Å². The fourth-order valence-corrected chi connectivity index (χ4v) is 3.53. The van der Waals surface area contributed by atoms with Gasteiger partial charge in [-0.2, -0.15) is 0 Å². The lowest BCUT2D eigenvalue weighted by Crippen LogP contribution is -2.38. The Morgan fingerprint density at radius 3 is 2.20 bits per heavy atom. The molecule has 0 spiro atoms. The van der Waals surface area contributed by atoms with E-state index < -0.39 is 0 Å². The van der Waals surface area contributed by atoms with Crippen molar-refractivity contribution in [2.24, 2.45) is 11.8 Å². The normalized spacial score (nSPS) is 20.1. The third-order valence-electron chi connectivity index (χ3n) is 4.90. The van der Waals surface area contributed by atoms with Crippen molar-refractivity contribution < 1.29 is 9.59 Å². The molecule has 0 heterocycles. The third kappa shape index (κ3) is 6.69. The maximum atomic E-state index is 12.3. The molecule has 25 heavy (non-hydrogen) atoms. The van der Waals surface area contributed by atoms with E-state index in [0.717, 1.165) is 62.1 Å². The molecule has 0 unspecified atom stereocenters. The predicted molar refractivity (Wildman–Crippen MR) is 102 cm³/mol. The van der Waals surface area contributed by atoms with Crippen LogP contribution >= 0.6 is 11.6 Å². The minimum absolute atomic E-state index is 0.0408. The molecule has 1 aromatic rings. The summed E-state index contributed by atoms with van der Waals surface area (Å²) in [6, 6.07) is 7.71. The molecule has 0 atom stereocenters. The Kier molecular flexibility index (Phi) is 8.26. The lowest BCUT2D eigenvalue weighted by atomic mass is 9.81. The van der Waals surface area contributed by atoms with Crippen LogP contribution in [0, 0.1) is 11.8 Å². The monoisotopic (exact) mass is 364 g/mol. The lowest BCUT2D eigenvalue weighted by molar-refractivity contribution is -0.130. The molecule has 0 radical (unpaired) electrons. The maximum absolute atomic E-state index is 12.3. The highest BCUT2D eigenvalue weighted by Gasteiger charge is 2.29. The van der Waals surface area contributed by atoms with Crippen LogP contribution in [0.2, 0.25) is 5.02 Å². The van der Waals surface area contributed by atoms with E-state index in [4.69, 9.17) is 11.6 Å². The molecular weight excluding hydrogens is 336 g/mol. The van der Waals surface area contributed by atoms with E-state index in [0.29, 0.717) is 6.54 Å². The van der Waals surface area contributed by atoms with Crippen LogP contribution in [-0.2, 0) is 16.0 Å². The Labute approximate surface area is 155 Å². The molecule has 1 saturated carbocycles. The summed E-state index contributed by atoms with van der Waals surface area (Å²) in [7, 11) is 0. The number of hydrogen-bond acceptors (Lipinski definition) is 2. The van der Waals surface area contributed by atoms with E-state index in [-0.39, 0.29) is 23.7 Å². The van der Waals surface area contributed by atoms with E-state index in [2.05, 4.69) is 17.6 Å². The van der Waals surface area contributed by atoms with Crippen molar-refractivity contribution in [3.63, 3.8) is 0 Å². The number of nitrogens with one attached hydrogen (secondary N) is 2. The standard InChI is InChI=1S/C20H29ClN2O2/c1-2-3-12-22-19(24)16-7-9-17(10-8-16)20(25)23-13-11-15-5-4-6-18(21)14-15/h4-6,14,16-17H,2-3,7-13H2,1H3,(H,22,24)(H,23,25). The summed E-state index contributed by atoms with van der Waals surface area (Å²) in [4.78, 5) is 24.4. The predicted octanol–water partition coefficient (Wildman–Crippen LogP) is 3.72. The second kappa shape index (κ2) is 10.4. The summed E-state index contributed by atoms with van der Waals surface area (Å²) in [5.41, 5.74) is 1.13. The first-order valence-electron chi connectivity index (χ1n) is 9.40. The molecule has 0 saturated heterocycles. The smallest absolute Gasteiger partial charge is 0.223 e. The highest BCUT2D eigenvalue weighted by atomic mass is 35.5. The largest absolute Gasteiger partial charge is 0.356 e. The summed E-state index contributed by atoms with van der Waals surface area (Å²) < 4.78 is 0. The van der Waals surface area contributed by atoms with E-state index >= 15 is 0 Å². The number of amides is 2. The number of hydrogen-bond donors (Lipinski definition) is 2. The number of carbonyl (C=O) groups excluding carboxylic acids is 2. The van der Waals surface area contributed by atoms with E-state index in [9.17, 15) is 9.59 Å². The van der Waals surface area contributed by atoms with Gasteiger partial charge < -0.3 is 10.6 Å². The second-order valence-electron chi connectivity index (χ2n) is 6.86. The average molecular weight is 365 g/mol. The Bertz CT molecular complexity index is 569. The maximum Gasteiger partial charge on any atom is 0.223 e.